The Morgan fingerprint density at radius 2 is 1.87 bits per heavy atom. The average Bonchev–Trinajstić information content (AvgIpc) is 3.37. The van der Waals surface area contributed by atoms with Crippen LogP contribution in [-0.2, 0) is 7.05 Å². The zero-order valence-electron chi connectivity index (χ0n) is 18.7. The Hall–Kier alpha value is -2.25. The normalized spacial score (nSPS) is 16.0. The lowest BCUT2D eigenvalue weighted by Gasteiger charge is -2.27. The fourth-order valence-electron chi connectivity index (χ4n) is 4.39. The molecular formula is C23H31N5OS. The minimum absolute atomic E-state index is 0.0461. The van der Waals surface area contributed by atoms with Gasteiger partial charge in [-0.15, -0.1) is 11.3 Å². The summed E-state index contributed by atoms with van der Waals surface area (Å²) >= 11 is 1.78. The molecule has 30 heavy (non-hydrogen) atoms. The summed E-state index contributed by atoms with van der Waals surface area (Å²) in [6.45, 7) is 10.6. The Morgan fingerprint density at radius 3 is 2.53 bits per heavy atom. The topological polar surface area (TPSA) is 66.8 Å². The molecule has 3 aromatic rings. The predicted octanol–water partition coefficient (Wildman–Crippen LogP) is 4.45. The van der Waals surface area contributed by atoms with Crippen LogP contribution in [0.1, 0.15) is 60.1 Å². The number of hydrogen-bond acceptors (Lipinski definition) is 5. The van der Waals surface area contributed by atoms with E-state index in [1.165, 1.54) is 23.3 Å². The third-order valence-corrected chi connectivity index (χ3v) is 7.59. The molecule has 0 bridgehead atoms. The van der Waals surface area contributed by atoms with Crippen molar-refractivity contribution in [1.29, 1.82) is 0 Å². The fraction of sp³-hybridized carbons (Fsp3) is 0.522. The van der Waals surface area contributed by atoms with Crippen LogP contribution in [0.5, 0.6) is 0 Å². The van der Waals surface area contributed by atoms with E-state index in [1.54, 1.807) is 23.0 Å². The van der Waals surface area contributed by atoms with Crippen LogP contribution >= 0.6 is 11.3 Å². The number of likely N-dealkylation sites (tertiary alicyclic amines) is 1. The van der Waals surface area contributed by atoms with Gasteiger partial charge in [0.1, 0.15) is 10.7 Å². The van der Waals surface area contributed by atoms with Gasteiger partial charge in [0.25, 0.3) is 5.56 Å². The summed E-state index contributed by atoms with van der Waals surface area (Å²) in [6.07, 6.45) is 6.35. The van der Waals surface area contributed by atoms with E-state index in [1.807, 2.05) is 20.0 Å². The smallest absolute Gasteiger partial charge is 0.253 e. The molecule has 0 aliphatic carbocycles. The number of H-pyrrole nitrogens is 1. The van der Waals surface area contributed by atoms with Crippen LogP contribution in [0.3, 0.4) is 0 Å². The quantitative estimate of drug-likeness (QED) is 0.671. The van der Waals surface area contributed by atoms with Gasteiger partial charge in [0.05, 0.1) is 5.69 Å². The van der Waals surface area contributed by atoms with E-state index in [0.29, 0.717) is 5.92 Å². The third-order valence-electron chi connectivity index (χ3n) is 6.43. The van der Waals surface area contributed by atoms with Crippen LogP contribution in [0.4, 0.5) is 0 Å². The van der Waals surface area contributed by atoms with Gasteiger partial charge in [-0.1, -0.05) is 13.8 Å². The first-order valence-corrected chi connectivity index (χ1v) is 11.5. The van der Waals surface area contributed by atoms with Crippen LogP contribution in [0, 0.1) is 13.8 Å². The van der Waals surface area contributed by atoms with Crippen molar-refractivity contribution < 1.29 is 0 Å². The Morgan fingerprint density at radius 1 is 1.17 bits per heavy atom. The number of thiazole rings is 1. The van der Waals surface area contributed by atoms with Crippen molar-refractivity contribution >= 4 is 11.3 Å². The van der Waals surface area contributed by atoms with Crippen LogP contribution in [-0.4, -0.2) is 44.8 Å². The second-order valence-corrected chi connectivity index (χ2v) is 9.93. The van der Waals surface area contributed by atoms with Crippen molar-refractivity contribution in [2.75, 3.05) is 20.1 Å². The van der Waals surface area contributed by atoms with E-state index in [0.717, 1.165) is 46.2 Å². The number of piperidine rings is 1. The summed E-state index contributed by atoms with van der Waals surface area (Å²) in [5.41, 5.74) is 5.96. The second-order valence-electron chi connectivity index (χ2n) is 8.87. The van der Waals surface area contributed by atoms with Crippen LogP contribution < -0.4 is 5.56 Å². The molecule has 4 heterocycles. The number of pyridine rings is 1. The number of aromatic nitrogens is 4. The molecule has 0 unspecified atom stereocenters. The van der Waals surface area contributed by atoms with Gasteiger partial charge >= 0.3 is 0 Å². The molecule has 0 spiro atoms. The number of nitrogens with one attached hydrogen (secondary N) is 1. The first-order chi connectivity index (χ1) is 14.3. The highest BCUT2D eigenvalue weighted by Crippen LogP contribution is 2.40. The molecule has 0 amide bonds. The monoisotopic (exact) mass is 425 g/mol. The summed E-state index contributed by atoms with van der Waals surface area (Å²) in [6, 6.07) is 0. The van der Waals surface area contributed by atoms with Gasteiger partial charge in [-0.25, -0.2) is 4.98 Å². The van der Waals surface area contributed by atoms with Gasteiger partial charge < -0.3 is 9.47 Å². The van der Waals surface area contributed by atoms with Gasteiger partial charge in [0.15, 0.2) is 0 Å². The summed E-state index contributed by atoms with van der Waals surface area (Å²) in [7, 11) is 4.00. The molecule has 160 valence electrons. The highest BCUT2D eigenvalue weighted by molar-refractivity contribution is 7.15. The Balaban J connectivity index is 1.76. The molecular weight excluding hydrogens is 394 g/mol. The Labute approximate surface area is 182 Å². The maximum absolute atomic E-state index is 12.3. The van der Waals surface area contributed by atoms with Gasteiger partial charge in [-0.3, -0.25) is 9.89 Å². The summed E-state index contributed by atoms with van der Waals surface area (Å²) < 4.78 is 1.66. The summed E-state index contributed by atoms with van der Waals surface area (Å²) in [5.74, 6) is 0.878. The number of aromatic amines is 1. The standard InChI is InChI=1S/C23H31N5OS/c1-13(2)19-20(17-12-28(6)23(29)15(4)14(17)3)25-26-21(19)22-24-11-18(30-22)16-7-9-27(5)10-8-16/h11-13,16H,7-10H2,1-6H3,(H,25,26). The molecule has 0 aromatic carbocycles. The highest BCUT2D eigenvalue weighted by Gasteiger charge is 2.25. The minimum Gasteiger partial charge on any atom is -0.318 e. The van der Waals surface area contributed by atoms with Crippen LogP contribution in [0.2, 0.25) is 0 Å². The van der Waals surface area contributed by atoms with Crippen LogP contribution in [0.15, 0.2) is 17.2 Å². The molecule has 1 N–H and O–H groups in total. The van der Waals surface area contributed by atoms with E-state index in [9.17, 15) is 4.79 Å². The van der Waals surface area contributed by atoms with Gasteiger partial charge in [-0.05, 0) is 64.2 Å². The van der Waals surface area contributed by atoms with E-state index >= 15 is 0 Å². The molecule has 6 nitrogen and oxygen atoms in total. The largest absolute Gasteiger partial charge is 0.318 e. The second kappa shape index (κ2) is 8.12. The summed E-state index contributed by atoms with van der Waals surface area (Å²) in [4.78, 5) is 20.8. The third kappa shape index (κ3) is 3.65. The van der Waals surface area contributed by atoms with Gasteiger partial charge in [0.2, 0.25) is 0 Å². The van der Waals surface area contributed by atoms with Gasteiger partial charge in [0, 0.05) is 41.0 Å². The molecule has 1 aliphatic heterocycles. The van der Waals surface area contributed by atoms with Crippen molar-refractivity contribution in [2.24, 2.45) is 7.05 Å². The maximum Gasteiger partial charge on any atom is 0.253 e. The Kier molecular flexibility index (Phi) is 5.68. The van der Waals surface area contributed by atoms with Crippen molar-refractivity contribution in [3.05, 3.63) is 44.3 Å². The number of nitrogens with zero attached hydrogens (tertiary/aromatic N) is 4. The zero-order chi connectivity index (χ0) is 21.6. The Bertz CT molecular complexity index is 1120. The van der Waals surface area contributed by atoms with Crippen molar-refractivity contribution in [3.63, 3.8) is 0 Å². The molecule has 1 fully saturated rings. The molecule has 3 aromatic heterocycles. The van der Waals surface area contributed by atoms with E-state index in [-0.39, 0.29) is 11.5 Å². The fourth-order valence-corrected chi connectivity index (χ4v) is 5.48. The number of hydrogen-bond donors (Lipinski definition) is 1. The maximum atomic E-state index is 12.3. The average molecular weight is 426 g/mol. The number of rotatable bonds is 4. The molecule has 0 atom stereocenters. The molecule has 1 saturated heterocycles. The molecule has 7 heteroatoms. The lowest BCUT2D eigenvalue weighted by atomic mass is 9.94. The van der Waals surface area contributed by atoms with E-state index in [2.05, 4.69) is 37.1 Å². The van der Waals surface area contributed by atoms with E-state index < -0.39 is 0 Å². The van der Waals surface area contributed by atoms with Crippen LogP contribution in [0.25, 0.3) is 22.0 Å². The van der Waals surface area contributed by atoms with Gasteiger partial charge in [-0.2, -0.15) is 5.10 Å². The predicted molar refractivity (Wildman–Crippen MR) is 123 cm³/mol. The molecule has 4 rings (SSSR count). The lowest BCUT2D eigenvalue weighted by molar-refractivity contribution is 0.257. The highest BCUT2D eigenvalue weighted by atomic mass is 32.1. The lowest BCUT2D eigenvalue weighted by Crippen LogP contribution is -2.28. The molecule has 0 radical (unpaired) electrons. The first kappa shape index (κ1) is 21.0. The first-order valence-electron chi connectivity index (χ1n) is 10.7. The van der Waals surface area contributed by atoms with Crippen molar-refractivity contribution in [2.45, 2.75) is 52.4 Å². The SMILES string of the molecule is Cc1c(-c2[nH]nc(-c3ncc(C4CCN(C)CC4)s3)c2C(C)C)cn(C)c(=O)c1C. The van der Waals surface area contributed by atoms with E-state index in [4.69, 9.17) is 10.1 Å². The molecule has 0 saturated carbocycles. The molecule has 1 aliphatic rings. The van der Waals surface area contributed by atoms with Crippen molar-refractivity contribution in [3.8, 4) is 22.0 Å². The van der Waals surface area contributed by atoms with Crippen molar-refractivity contribution in [1.82, 2.24) is 24.6 Å². The number of aryl methyl sites for hydroxylation is 1. The summed E-state index contributed by atoms with van der Waals surface area (Å²) in [5, 5.41) is 8.96. The zero-order valence-corrected chi connectivity index (χ0v) is 19.6. The minimum atomic E-state index is 0.0461.